The minimum Gasteiger partial charge on any atom is -0.457 e. The number of hydrogen-bond donors (Lipinski definition) is 0. The van der Waals surface area contributed by atoms with Gasteiger partial charge in [-0.15, -0.1) is 0 Å². The number of benzene rings is 6. The molecule has 1 aliphatic rings. The molecule has 0 spiro atoms. The molecule has 0 bridgehead atoms. The molecule has 71 heavy (non-hydrogen) atoms. The molecule has 0 saturated carbocycles. The predicted molar refractivity (Wildman–Crippen MR) is 302 cm³/mol. The Balaban J connectivity index is 1.19. The molecule has 9 rings (SSSR count). The van der Waals surface area contributed by atoms with Crippen molar-refractivity contribution in [3.63, 3.8) is 0 Å². The zero-order chi connectivity index (χ0) is 51.1. The lowest BCUT2D eigenvalue weighted by atomic mass is 9.78. The number of ether oxygens (including phenoxy) is 1. The van der Waals surface area contributed by atoms with Crippen LogP contribution in [0.5, 0.6) is 11.5 Å². The van der Waals surface area contributed by atoms with Gasteiger partial charge in [-0.25, -0.2) is 4.98 Å². The fourth-order valence-corrected chi connectivity index (χ4v) is 10.2. The van der Waals surface area contributed by atoms with Crippen LogP contribution < -0.4 is 14.5 Å². The molecule has 0 aliphatic carbocycles. The summed E-state index contributed by atoms with van der Waals surface area (Å²) in [5.74, 6) is 2.44. The van der Waals surface area contributed by atoms with Gasteiger partial charge < -0.3 is 14.5 Å². The minimum atomic E-state index is -0.325. The third kappa shape index (κ3) is 9.65. The van der Waals surface area contributed by atoms with Crippen molar-refractivity contribution in [2.24, 2.45) is 5.41 Å². The van der Waals surface area contributed by atoms with Crippen LogP contribution in [-0.4, -0.2) is 16.2 Å². The third-order valence-corrected chi connectivity index (χ3v) is 15.1. The molecule has 0 fully saturated rings. The first-order chi connectivity index (χ1) is 33.2. The van der Waals surface area contributed by atoms with Gasteiger partial charge in [0, 0.05) is 68.6 Å². The van der Waals surface area contributed by atoms with Gasteiger partial charge in [0.1, 0.15) is 17.3 Å². The number of hydrogen-bond acceptors (Lipinski definition) is 4. The number of nitrogens with zero attached hydrogens (tertiary/aromatic N) is 4. The first kappa shape index (κ1) is 49.4. The SMILES string of the molecule is CC(C)(C)C1=CN(c2cc(C(C)(C)C)cc(C(C)(C)C)c2)CN1c1cc(Oc2ccc3c4cc(C(C)(C)C)ccc4n(-c4cc(C(C)(C)c5ccccc5)ccn4)c3c2)cc(C(C)(C)c2ccccc2)c1. The maximum atomic E-state index is 7.20. The van der Waals surface area contributed by atoms with Gasteiger partial charge in [0.25, 0.3) is 0 Å². The Bertz CT molecular complexity index is 3260. The fourth-order valence-electron chi connectivity index (χ4n) is 10.2. The van der Waals surface area contributed by atoms with E-state index in [-0.39, 0.29) is 32.5 Å². The summed E-state index contributed by atoms with van der Waals surface area (Å²) in [6.45, 7) is 37.6. The van der Waals surface area contributed by atoms with E-state index < -0.39 is 0 Å². The Kier molecular flexibility index (Phi) is 12.3. The second kappa shape index (κ2) is 17.6. The normalized spacial score (nSPS) is 14.2. The van der Waals surface area contributed by atoms with E-state index in [4.69, 9.17) is 9.72 Å². The summed E-state index contributed by atoms with van der Waals surface area (Å²) in [4.78, 5) is 10.0. The van der Waals surface area contributed by atoms with Crippen LogP contribution in [0.15, 0.2) is 164 Å². The van der Waals surface area contributed by atoms with Gasteiger partial charge in [-0.3, -0.25) is 4.57 Å². The number of fused-ring (bicyclic) bond motifs is 3. The van der Waals surface area contributed by atoms with Gasteiger partial charge in [0.05, 0.1) is 17.7 Å². The van der Waals surface area contributed by atoms with Crippen LogP contribution in [0, 0.1) is 5.41 Å². The van der Waals surface area contributed by atoms with Crippen LogP contribution in [0.4, 0.5) is 11.4 Å². The predicted octanol–water partition coefficient (Wildman–Crippen LogP) is 17.7. The highest BCUT2D eigenvalue weighted by molar-refractivity contribution is 6.09. The van der Waals surface area contributed by atoms with Gasteiger partial charge in [-0.1, -0.05) is 184 Å². The van der Waals surface area contributed by atoms with Crippen molar-refractivity contribution < 1.29 is 4.74 Å². The maximum absolute atomic E-state index is 7.20. The van der Waals surface area contributed by atoms with Crippen molar-refractivity contribution in [1.82, 2.24) is 9.55 Å². The van der Waals surface area contributed by atoms with Crippen molar-refractivity contribution in [2.45, 2.75) is 138 Å². The van der Waals surface area contributed by atoms with Crippen LogP contribution in [0.1, 0.15) is 150 Å². The van der Waals surface area contributed by atoms with E-state index in [1.165, 1.54) is 55.7 Å². The lowest BCUT2D eigenvalue weighted by molar-refractivity contribution is 0.478. The Morgan fingerprint density at radius 3 is 1.56 bits per heavy atom. The zero-order valence-electron chi connectivity index (χ0n) is 45.4. The molecule has 0 atom stereocenters. The topological polar surface area (TPSA) is 33.5 Å². The summed E-state index contributed by atoms with van der Waals surface area (Å²) in [6, 6.07) is 53.6. The van der Waals surface area contributed by atoms with Gasteiger partial charge >= 0.3 is 0 Å². The van der Waals surface area contributed by atoms with Crippen LogP contribution in [0.25, 0.3) is 27.6 Å². The molecule has 0 N–H and O–H groups in total. The number of pyridine rings is 1. The summed E-state index contributed by atoms with van der Waals surface area (Å²) in [5, 5.41) is 2.36. The molecule has 0 amide bonds. The van der Waals surface area contributed by atoms with Crippen LogP contribution in [0.2, 0.25) is 0 Å². The van der Waals surface area contributed by atoms with Crippen LogP contribution in [-0.2, 0) is 27.1 Å². The van der Waals surface area contributed by atoms with Crippen molar-refractivity contribution in [2.75, 3.05) is 16.5 Å². The average Bonchev–Trinajstić information content (AvgIpc) is 3.92. The Labute approximate surface area is 425 Å². The summed E-state index contributed by atoms with van der Waals surface area (Å²) >= 11 is 0. The molecule has 5 heteroatoms. The first-order valence-electron chi connectivity index (χ1n) is 25.6. The maximum Gasteiger partial charge on any atom is 0.137 e. The molecule has 6 aromatic carbocycles. The lowest BCUT2D eigenvalue weighted by Gasteiger charge is -2.33. The summed E-state index contributed by atoms with van der Waals surface area (Å²) < 4.78 is 9.53. The molecule has 2 aromatic heterocycles. The standard InChI is InChI=1S/C66H76N4O/c1-61(2,3)46-27-30-57-56(38-46)55-29-28-53(41-58(55)70(57)60-39-47(31-32-67-60)65(13,14)44-23-19-17-20-24-44)71-54-37-50(66(15,16)45-25-21-18-22-26-45)36-52(40-54)69-43-68(42-59(69)64(10,11)12)51-34-48(62(4,5)6)33-49(35-51)63(7,8)9/h17-42H,43H2,1-16H3. The van der Waals surface area contributed by atoms with Gasteiger partial charge in [-0.2, -0.15) is 0 Å². The lowest BCUT2D eigenvalue weighted by Crippen LogP contribution is -2.31. The average molecular weight is 941 g/mol. The van der Waals surface area contributed by atoms with Crippen LogP contribution in [0.3, 0.4) is 0 Å². The zero-order valence-corrected chi connectivity index (χ0v) is 45.4. The molecular formula is C66H76N4O. The number of rotatable bonds is 9. The van der Waals surface area contributed by atoms with E-state index >= 15 is 0 Å². The van der Waals surface area contributed by atoms with Crippen molar-refractivity contribution in [3.8, 4) is 17.3 Å². The number of anilines is 2. The minimum absolute atomic E-state index is 0.00215. The third-order valence-electron chi connectivity index (χ3n) is 15.1. The molecular weight excluding hydrogens is 865 g/mol. The Morgan fingerprint density at radius 2 is 0.986 bits per heavy atom. The molecule has 0 saturated heterocycles. The Morgan fingerprint density at radius 1 is 0.408 bits per heavy atom. The van der Waals surface area contributed by atoms with E-state index in [2.05, 4.69) is 277 Å². The number of aromatic nitrogens is 2. The molecule has 0 unspecified atom stereocenters. The van der Waals surface area contributed by atoms with E-state index in [0.29, 0.717) is 6.67 Å². The molecule has 5 nitrogen and oxygen atoms in total. The molecule has 1 aliphatic heterocycles. The highest BCUT2D eigenvalue weighted by atomic mass is 16.5. The van der Waals surface area contributed by atoms with E-state index in [1.807, 2.05) is 6.20 Å². The monoisotopic (exact) mass is 941 g/mol. The van der Waals surface area contributed by atoms with Crippen molar-refractivity contribution >= 4 is 33.2 Å². The van der Waals surface area contributed by atoms with E-state index in [9.17, 15) is 0 Å². The van der Waals surface area contributed by atoms with Gasteiger partial charge in [0.2, 0.25) is 0 Å². The van der Waals surface area contributed by atoms with Crippen molar-refractivity contribution in [3.05, 3.63) is 203 Å². The summed E-state index contributed by atoms with van der Waals surface area (Å²) in [7, 11) is 0. The Hall–Kier alpha value is -6.59. The van der Waals surface area contributed by atoms with Crippen molar-refractivity contribution in [1.29, 1.82) is 0 Å². The highest BCUT2D eigenvalue weighted by Crippen LogP contribution is 2.45. The molecule has 0 radical (unpaired) electrons. The molecule has 3 heterocycles. The molecule has 366 valence electrons. The summed E-state index contributed by atoms with van der Waals surface area (Å²) in [6.07, 6.45) is 4.34. The summed E-state index contributed by atoms with van der Waals surface area (Å²) in [5.41, 5.74) is 13.9. The second-order valence-corrected chi connectivity index (χ2v) is 25.3. The van der Waals surface area contributed by atoms with Gasteiger partial charge in [-0.05, 0) is 116 Å². The second-order valence-electron chi connectivity index (χ2n) is 25.3. The quantitative estimate of drug-likeness (QED) is 0.144. The van der Waals surface area contributed by atoms with E-state index in [0.717, 1.165) is 39.4 Å². The first-order valence-corrected chi connectivity index (χ1v) is 25.6. The van der Waals surface area contributed by atoms with Gasteiger partial charge in [0.15, 0.2) is 0 Å². The molecule has 8 aromatic rings. The van der Waals surface area contributed by atoms with Crippen LogP contribution >= 0.6 is 0 Å². The smallest absolute Gasteiger partial charge is 0.137 e. The van der Waals surface area contributed by atoms with E-state index in [1.54, 1.807) is 0 Å². The fraction of sp³-hybridized carbons (Fsp3) is 0.348. The number of allylic oxidation sites excluding steroid dienone is 1. The largest absolute Gasteiger partial charge is 0.457 e. The highest BCUT2D eigenvalue weighted by Gasteiger charge is 2.35.